The zero-order valence-corrected chi connectivity index (χ0v) is 10.4. The maximum Gasteiger partial charge on any atom is 0.270 e. The van der Waals surface area contributed by atoms with E-state index in [-0.39, 0.29) is 5.69 Å². The third kappa shape index (κ3) is 3.14. The summed E-state index contributed by atoms with van der Waals surface area (Å²) in [6.07, 6.45) is 3.43. The number of nitro groups is 1. The highest BCUT2D eigenvalue weighted by Crippen LogP contribution is 2.23. The van der Waals surface area contributed by atoms with Crippen LogP contribution in [-0.2, 0) is 6.54 Å². The average molecular weight is 261 g/mol. The number of nitrogens with two attached hydrogens (primary N) is 1. The third-order valence-corrected chi connectivity index (χ3v) is 2.79. The minimum Gasteiger partial charge on any atom is -0.330 e. The Morgan fingerprint density at radius 1 is 1.37 bits per heavy atom. The van der Waals surface area contributed by atoms with Crippen LogP contribution in [0.25, 0.3) is 11.3 Å². The molecule has 2 rings (SSSR count). The lowest BCUT2D eigenvalue weighted by molar-refractivity contribution is -0.384. The Labute approximate surface area is 110 Å². The first-order chi connectivity index (χ1) is 9.22. The van der Waals surface area contributed by atoms with Gasteiger partial charge in [-0.1, -0.05) is 17.3 Å². The maximum atomic E-state index is 10.8. The minimum absolute atomic E-state index is 0.0622. The number of nitrogens with zero attached hydrogens (tertiary/aromatic N) is 4. The molecule has 0 bridgehead atoms. The van der Waals surface area contributed by atoms with Crippen molar-refractivity contribution in [2.75, 3.05) is 6.54 Å². The first kappa shape index (κ1) is 13.2. The molecule has 0 amide bonds. The molecule has 1 aromatic carbocycles. The van der Waals surface area contributed by atoms with E-state index in [0.717, 1.165) is 24.1 Å². The van der Waals surface area contributed by atoms with Crippen molar-refractivity contribution in [3.8, 4) is 11.3 Å². The van der Waals surface area contributed by atoms with Gasteiger partial charge in [0, 0.05) is 24.2 Å². The molecular formula is C12H15N5O2. The predicted molar refractivity (Wildman–Crippen MR) is 70.4 cm³/mol. The molecule has 19 heavy (non-hydrogen) atoms. The van der Waals surface area contributed by atoms with E-state index < -0.39 is 4.92 Å². The number of aromatic nitrogens is 3. The number of hydrogen-bond acceptors (Lipinski definition) is 5. The van der Waals surface area contributed by atoms with Crippen LogP contribution < -0.4 is 5.73 Å². The Kier molecular flexibility index (Phi) is 4.19. The third-order valence-electron chi connectivity index (χ3n) is 2.79. The molecule has 0 spiro atoms. The van der Waals surface area contributed by atoms with Gasteiger partial charge in [-0.3, -0.25) is 10.1 Å². The van der Waals surface area contributed by atoms with E-state index in [0.29, 0.717) is 13.1 Å². The largest absolute Gasteiger partial charge is 0.330 e. The Balaban J connectivity index is 2.24. The average Bonchev–Trinajstić information content (AvgIpc) is 2.87. The van der Waals surface area contributed by atoms with E-state index in [2.05, 4.69) is 10.3 Å². The van der Waals surface area contributed by atoms with Crippen LogP contribution in [0.3, 0.4) is 0 Å². The van der Waals surface area contributed by atoms with E-state index in [1.807, 2.05) is 6.07 Å². The summed E-state index contributed by atoms with van der Waals surface area (Å²) in [7, 11) is 0. The maximum absolute atomic E-state index is 10.8. The van der Waals surface area contributed by atoms with Crippen molar-refractivity contribution in [3.63, 3.8) is 0 Å². The fourth-order valence-corrected chi connectivity index (χ4v) is 1.83. The topological polar surface area (TPSA) is 99.9 Å². The summed E-state index contributed by atoms with van der Waals surface area (Å²) in [5.74, 6) is 0. The van der Waals surface area contributed by atoms with E-state index in [9.17, 15) is 10.1 Å². The van der Waals surface area contributed by atoms with E-state index in [4.69, 9.17) is 5.73 Å². The van der Waals surface area contributed by atoms with Crippen LogP contribution in [0, 0.1) is 10.1 Å². The molecule has 1 heterocycles. The molecule has 0 aliphatic heterocycles. The Morgan fingerprint density at radius 3 is 2.95 bits per heavy atom. The van der Waals surface area contributed by atoms with E-state index >= 15 is 0 Å². The van der Waals surface area contributed by atoms with Gasteiger partial charge in [0.25, 0.3) is 5.69 Å². The first-order valence-electron chi connectivity index (χ1n) is 6.06. The second kappa shape index (κ2) is 6.05. The zero-order valence-electron chi connectivity index (χ0n) is 10.4. The molecule has 2 aromatic rings. The second-order valence-electron chi connectivity index (χ2n) is 4.15. The van der Waals surface area contributed by atoms with Crippen molar-refractivity contribution < 1.29 is 4.92 Å². The van der Waals surface area contributed by atoms with E-state index in [1.165, 1.54) is 12.1 Å². The molecule has 0 saturated carbocycles. The van der Waals surface area contributed by atoms with Crippen molar-refractivity contribution in [3.05, 3.63) is 40.6 Å². The van der Waals surface area contributed by atoms with Gasteiger partial charge in [-0.15, -0.1) is 5.10 Å². The number of hydrogen-bond donors (Lipinski definition) is 1. The second-order valence-corrected chi connectivity index (χ2v) is 4.15. The monoisotopic (exact) mass is 261 g/mol. The van der Waals surface area contributed by atoms with Gasteiger partial charge in [0.1, 0.15) is 0 Å². The number of nitro benzene ring substituents is 1. The van der Waals surface area contributed by atoms with Crippen LogP contribution in [0.1, 0.15) is 12.8 Å². The van der Waals surface area contributed by atoms with Crippen LogP contribution in [-0.4, -0.2) is 26.5 Å². The zero-order chi connectivity index (χ0) is 13.7. The lowest BCUT2D eigenvalue weighted by atomic mass is 10.1. The molecule has 0 aliphatic carbocycles. The van der Waals surface area contributed by atoms with Gasteiger partial charge in [0.15, 0.2) is 0 Å². The lowest BCUT2D eigenvalue weighted by Crippen LogP contribution is -2.06. The van der Waals surface area contributed by atoms with Crippen molar-refractivity contribution in [2.24, 2.45) is 5.73 Å². The van der Waals surface area contributed by atoms with Crippen molar-refractivity contribution in [2.45, 2.75) is 19.4 Å². The normalized spacial score (nSPS) is 10.6. The summed E-state index contributed by atoms with van der Waals surface area (Å²) >= 11 is 0. The summed E-state index contributed by atoms with van der Waals surface area (Å²) in [5.41, 5.74) is 7.03. The molecular weight excluding hydrogens is 246 g/mol. The number of benzene rings is 1. The van der Waals surface area contributed by atoms with Gasteiger partial charge in [-0.2, -0.15) is 0 Å². The summed E-state index contributed by atoms with van der Waals surface area (Å²) < 4.78 is 1.74. The summed E-state index contributed by atoms with van der Waals surface area (Å²) in [5, 5.41) is 18.6. The van der Waals surface area contributed by atoms with Gasteiger partial charge in [-0.25, -0.2) is 4.68 Å². The van der Waals surface area contributed by atoms with Crippen LogP contribution in [0.2, 0.25) is 0 Å². The van der Waals surface area contributed by atoms with Gasteiger partial charge in [-0.05, 0) is 19.4 Å². The van der Waals surface area contributed by atoms with Crippen LogP contribution in [0.15, 0.2) is 30.5 Å². The van der Waals surface area contributed by atoms with Crippen molar-refractivity contribution in [1.29, 1.82) is 0 Å². The van der Waals surface area contributed by atoms with Gasteiger partial charge < -0.3 is 5.73 Å². The molecule has 0 unspecified atom stereocenters. The van der Waals surface area contributed by atoms with Crippen molar-refractivity contribution >= 4 is 5.69 Å². The number of rotatable bonds is 6. The van der Waals surface area contributed by atoms with E-state index in [1.54, 1.807) is 16.9 Å². The summed E-state index contributed by atoms with van der Waals surface area (Å²) in [4.78, 5) is 10.4. The quantitative estimate of drug-likeness (QED) is 0.483. The molecule has 0 radical (unpaired) electrons. The fraction of sp³-hybridized carbons (Fsp3) is 0.333. The number of aryl methyl sites for hydroxylation is 1. The van der Waals surface area contributed by atoms with Crippen LogP contribution >= 0.6 is 0 Å². The Hall–Kier alpha value is -2.28. The predicted octanol–water partition coefficient (Wildman–Crippen LogP) is 1.59. The fourth-order valence-electron chi connectivity index (χ4n) is 1.83. The molecule has 0 atom stereocenters. The van der Waals surface area contributed by atoms with Gasteiger partial charge in [0.2, 0.25) is 0 Å². The summed E-state index contributed by atoms with van der Waals surface area (Å²) in [6, 6.07) is 6.46. The van der Waals surface area contributed by atoms with Crippen LogP contribution in [0.5, 0.6) is 0 Å². The molecule has 100 valence electrons. The highest BCUT2D eigenvalue weighted by atomic mass is 16.6. The number of non-ortho nitro benzene ring substituents is 1. The molecule has 7 nitrogen and oxygen atoms in total. The van der Waals surface area contributed by atoms with Crippen LogP contribution in [0.4, 0.5) is 5.69 Å². The van der Waals surface area contributed by atoms with Crippen molar-refractivity contribution in [1.82, 2.24) is 15.0 Å². The molecule has 0 aliphatic rings. The highest BCUT2D eigenvalue weighted by Gasteiger charge is 2.11. The standard InChI is InChI=1S/C12H15N5O2/c13-6-1-2-7-16-12(9-14-15-16)10-4-3-5-11(8-10)17(18)19/h3-5,8-9H,1-2,6-7,13H2. The smallest absolute Gasteiger partial charge is 0.270 e. The Bertz CT molecular complexity index is 567. The highest BCUT2D eigenvalue weighted by molar-refractivity contribution is 5.61. The van der Waals surface area contributed by atoms with Gasteiger partial charge >= 0.3 is 0 Å². The lowest BCUT2D eigenvalue weighted by Gasteiger charge is -2.05. The molecule has 2 N–H and O–H groups in total. The molecule has 0 saturated heterocycles. The number of unbranched alkanes of at least 4 members (excludes halogenated alkanes) is 1. The SMILES string of the molecule is NCCCCn1nncc1-c1cccc([N+](=O)[O-])c1. The molecule has 0 fully saturated rings. The summed E-state index contributed by atoms with van der Waals surface area (Å²) in [6.45, 7) is 1.34. The first-order valence-corrected chi connectivity index (χ1v) is 6.06. The molecule has 1 aromatic heterocycles. The Morgan fingerprint density at radius 2 is 2.21 bits per heavy atom. The molecule has 7 heteroatoms. The minimum atomic E-state index is -0.411. The van der Waals surface area contributed by atoms with Gasteiger partial charge in [0.05, 0.1) is 16.8 Å².